The molecule has 0 aromatic carbocycles. The topological polar surface area (TPSA) is 67.8 Å². The van der Waals surface area contributed by atoms with Gasteiger partial charge in [0.1, 0.15) is 6.79 Å². The summed E-state index contributed by atoms with van der Waals surface area (Å²) in [5.74, 6) is -0.0742. The molecule has 2 N–H and O–H groups in total. The quantitative estimate of drug-likeness (QED) is 0.391. The van der Waals surface area contributed by atoms with Gasteiger partial charge in [0.05, 0.1) is 19.8 Å². The van der Waals surface area contributed by atoms with Crippen LogP contribution in [0.15, 0.2) is 0 Å². The van der Waals surface area contributed by atoms with E-state index in [0.717, 1.165) is 0 Å². The molecule has 0 aliphatic carbocycles. The van der Waals surface area contributed by atoms with Gasteiger partial charge in [-0.05, 0) is 0 Å². The molecule has 0 fully saturated rings. The highest BCUT2D eigenvalue weighted by molar-refractivity contribution is 5.72. The van der Waals surface area contributed by atoms with Crippen molar-refractivity contribution in [3.8, 4) is 0 Å². The van der Waals surface area contributed by atoms with E-state index in [1.54, 1.807) is 0 Å². The average molecular weight is 177 g/mol. The molecule has 12 heavy (non-hydrogen) atoms. The van der Waals surface area contributed by atoms with Crippen LogP contribution in [0.2, 0.25) is 0 Å². The van der Waals surface area contributed by atoms with Gasteiger partial charge in [-0.1, -0.05) is 0 Å². The molecule has 0 atom stereocenters. The monoisotopic (exact) mass is 177 g/mol. The first-order valence-electron chi connectivity index (χ1n) is 3.78. The largest absolute Gasteiger partial charge is 0.394 e. The third-order valence-electron chi connectivity index (χ3n) is 1.02. The summed E-state index contributed by atoms with van der Waals surface area (Å²) in [6, 6.07) is 0. The number of aliphatic hydroxyl groups excluding tert-OH is 1. The number of aliphatic hydroxyl groups is 1. The third kappa shape index (κ3) is 9.35. The van der Waals surface area contributed by atoms with Crippen LogP contribution in [0, 0.1) is 0 Å². The molecule has 5 nitrogen and oxygen atoms in total. The molecular weight excluding hydrogens is 162 g/mol. The second-order valence-electron chi connectivity index (χ2n) is 2.14. The van der Waals surface area contributed by atoms with E-state index < -0.39 is 0 Å². The normalized spacial score (nSPS) is 9.83. The first-order valence-corrected chi connectivity index (χ1v) is 3.78. The summed E-state index contributed by atoms with van der Waals surface area (Å²) in [5.41, 5.74) is 0. The smallest absolute Gasteiger partial charge is 0.216 e. The maximum Gasteiger partial charge on any atom is 0.216 e. The molecule has 0 aliphatic heterocycles. The van der Waals surface area contributed by atoms with Crippen molar-refractivity contribution in [2.24, 2.45) is 0 Å². The fourth-order valence-electron chi connectivity index (χ4n) is 0.541. The predicted octanol–water partition coefficient (Wildman–Crippen LogP) is -0.894. The molecule has 0 heterocycles. The lowest BCUT2D eigenvalue weighted by molar-refractivity contribution is -0.119. The zero-order valence-electron chi connectivity index (χ0n) is 7.21. The summed E-state index contributed by atoms with van der Waals surface area (Å²) in [6.07, 6.45) is 0. The Kier molecular flexibility index (Phi) is 7.99. The third-order valence-corrected chi connectivity index (χ3v) is 1.02. The number of carbonyl (C=O) groups is 1. The van der Waals surface area contributed by atoms with Gasteiger partial charge in [0.2, 0.25) is 5.91 Å². The van der Waals surface area contributed by atoms with E-state index in [2.05, 4.69) is 5.32 Å². The molecule has 0 spiro atoms. The SMILES string of the molecule is CC(=O)NCCOCOCCO. The molecule has 1 amide bonds. The molecule has 0 saturated carbocycles. The van der Waals surface area contributed by atoms with Gasteiger partial charge >= 0.3 is 0 Å². The second-order valence-corrected chi connectivity index (χ2v) is 2.14. The Hall–Kier alpha value is -0.650. The van der Waals surface area contributed by atoms with Crippen molar-refractivity contribution >= 4 is 5.91 Å². The van der Waals surface area contributed by atoms with Gasteiger partial charge in [-0.15, -0.1) is 0 Å². The van der Waals surface area contributed by atoms with Crippen molar-refractivity contribution in [3.05, 3.63) is 0 Å². The minimum atomic E-state index is -0.0742. The van der Waals surface area contributed by atoms with E-state index >= 15 is 0 Å². The highest BCUT2D eigenvalue weighted by Gasteiger charge is 1.90. The van der Waals surface area contributed by atoms with Gasteiger partial charge in [-0.25, -0.2) is 0 Å². The molecule has 0 unspecified atom stereocenters. The summed E-state index contributed by atoms with van der Waals surface area (Å²) in [5, 5.41) is 10.9. The number of carbonyl (C=O) groups excluding carboxylic acids is 1. The summed E-state index contributed by atoms with van der Waals surface area (Å²) in [7, 11) is 0. The Balaban J connectivity index is 2.86. The lowest BCUT2D eigenvalue weighted by Gasteiger charge is -2.04. The molecule has 0 aliphatic rings. The first kappa shape index (κ1) is 11.4. The molecule has 0 aromatic rings. The molecule has 0 radical (unpaired) electrons. The van der Waals surface area contributed by atoms with Crippen molar-refractivity contribution in [2.45, 2.75) is 6.92 Å². The number of hydrogen-bond acceptors (Lipinski definition) is 4. The number of amides is 1. The first-order chi connectivity index (χ1) is 5.77. The molecular formula is C7H15NO4. The Morgan fingerprint density at radius 3 is 2.67 bits per heavy atom. The number of ether oxygens (including phenoxy) is 2. The number of hydrogen-bond donors (Lipinski definition) is 2. The van der Waals surface area contributed by atoms with Gasteiger partial charge < -0.3 is 19.9 Å². The highest BCUT2D eigenvalue weighted by Crippen LogP contribution is 1.76. The highest BCUT2D eigenvalue weighted by atomic mass is 16.7. The van der Waals surface area contributed by atoms with E-state index in [0.29, 0.717) is 13.2 Å². The van der Waals surface area contributed by atoms with E-state index in [1.165, 1.54) is 6.92 Å². The van der Waals surface area contributed by atoms with Crippen molar-refractivity contribution in [1.82, 2.24) is 5.32 Å². The summed E-state index contributed by atoms with van der Waals surface area (Å²) >= 11 is 0. The Morgan fingerprint density at radius 1 is 1.42 bits per heavy atom. The van der Waals surface area contributed by atoms with Crippen LogP contribution in [-0.4, -0.2) is 44.2 Å². The number of nitrogens with one attached hydrogen (secondary N) is 1. The van der Waals surface area contributed by atoms with Gasteiger partial charge in [-0.2, -0.15) is 0 Å². The van der Waals surface area contributed by atoms with Crippen LogP contribution < -0.4 is 5.32 Å². The summed E-state index contributed by atoms with van der Waals surface area (Å²) < 4.78 is 9.74. The fraction of sp³-hybridized carbons (Fsp3) is 0.857. The van der Waals surface area contributed by atoms with Crippen molar-refractivity contribution < 1.29 is 19.4 Å². The van der Waals surface area contributed by atoms with Crippen LogP contribution in [0.3, 0.4) is 0 Å². The zero-order valence-corrected chi connectivity index (χ0v) is 7.21. The summed E-state index contributed by atoms with van der Waals surface area (Å²) in [6.45, 7) is 2.78. The molecule has 5 heteroatoms. The Labute approximate surface area is 71.7 Å². The Morgan fingerprint density at radius 2 is 2.08 bits per heavy atom. The predicted molar refractivity (Wildman–Crippen MR) is 42.5 cm³/mol. The van der Waals surface area contributed by atoms with Crippen molar-refractivity contribution in [1.29, 1.82) is 0 Å². The van der Waals surface area contributed by atoms with Gasteiger partial charge in [-0.3, -0.25) is 4.79 Å². The summed E-state index contributed by atoms with van der Waals surface area (Å²) in [4.78, 5) is 10.3. The van der Waals surface area contributed by atoms with E-state index in [4.69, 9.17) is 14.6 Å². The van der Waals surface area contributed by atoms with Crippen molar-refractivity contribution in [3.63, 3.8) is 0 Å². The zero-order chi connectivity index (χ0) is 9.23. The molecule has 0 bridgehead atoms. The Bertz CT molecular complexity index is 118. The van der Waals surface area contributed by atoms with Crippen LogP contribution >= 0.6 is 0 Å². The van der Waals surface area contributed by atoms with Crippen molar-refractivity contribution in [2.75, 3.05) is 33.2 Å². The lowest BCUT2D eigenvalue weighted by Crippen LogP contribution is -2.24. The van der Waals surface area contributed by atoms with Gasteiger partial charge in [0.25, 0.3) is 0 Å². The van der Waals surface area contributed by atoms with Gasteiger partial charge in [0, 0.05) is 13.5 Å². The molecule has 72 valence electrons. The second kappa shape index (κ2) is 8.45. The average Bonchev–Trinajstić information content (AvgIpc) is 2.02. The van der Waals surface area contributed by atoms with E-state index in [9.17, 15) is 4.79 Å². The number of rotatable bonds is 7. The van der Waals surface area contributed by atoms with Gasteiger partial charge in [0.15, 0.2) is 0 Å². The van der Waals surface area contributed by atoms with Crippen LogP contribution in [0.25, 0.3) is 0 Å². The maximum atomic E-state index is 10.3. The minimum absolute atomic E-state index is 0.00490. The minimum Gasteiger partial charge on any atom is -0.394 e. The van der Waals surface area contributed by atoms with Crippen LogP contribution in [0.1, 0.15) is 6.92 Å². The molecule has 0 aromatic heterocycles. The van der Waals surface area contributed by atoms with Crippen LogP contribution in [0.4, 0.5) is 0 Å². The van der Waals surface area contributed by atoms with E-state index in [1.807, 2.05) is 0 Å². The molecule has 0 rings (SSSR count). The fourth-order valence-corrected chi connectivity index (χ4v) is 0.541. The van der Waals surface area contributed by atoms with E-state index in [-0.39, 0.29) is 25.9 Å². The van der Waals surface area contributed by atoms with Crippen LogP contribution in [0.5, 0.6) is 0 Å². The van der Waals surface area contributed by atoms with Crippen LogP contribution in [-0.2, 0) is 14.3 Å². The lowest BCUT2D eigenvalue weighted by atomic mass is 10.6. The molecule has 0 saturated heterocycles. The standard InChI is InChI=1S/C7H15NO4/c1-7(10)8-2-4-11-6-12-5-3-9/h9H,2-6H2,1H3,(H,8,10). The maximum absolute atomic E-state index is 10.3.